The van der Waals surface area contributed by atoms with Crippen molar-refractivity contribution in [3.8, 4) is 11.4 Å². The van der Waals surface area contributed by atoms with Crippen LogP contribution in [0.5, 0.6) is 0 Å². The maximum atomic E-state index is 13.0. The zero-order valence-electron chi connectivity index (χ0n) is 12.0. The van der Waals surface area contributed by atoms with Gasteiger partial charge < -0.3 is 10.4 Å². The first-order chi connectivity index (χ1) is 9.74. The molecule has 2 N–H and O–H groups in total. The third kappa shape index (κ3) is 3.98. The van der Waals surface area contributed by atoms with Crippen LogP contribution in [0, 0.1) is 5.82 Å². The predicted molar refractivity (Wildman–Crippen MR) is 77.8 cm³/mol. The van der Waals surface area contributed by atoms with Crippen molar-refractivity contribution in [2.24, 2.45) is 0 Å². The van der Waals surface area contributed by atoms with Gasteiger partial charge >= 0.3 is 5.97 Å². The Morgan fingerprint density at radius 1 is 1.19 bits per heavy atom. The summed E-state index contributed by atoms with van der Waals surface area (Å²) in [6, 6.07) is 6.96. The molecule has 0 saturated heterocycles. The molecule has 0 spiro atoms. The SMILES string of the molecule is CC(C)(C)Nc1cc(C(=O)O)nc(-c2ccc(F)cc2)n1. The molecule has 0 radical (unpaired) electrons. The second kappa shape index (κ2) is 5.47. The van der Waals surface area contributed by atoms with E-state index in [-0.39, 0.29) is 22.9 Å². The van der Waals surface area contributed by atoms with Gasteiger partial charge in [0.25, 0.3) is 0 Å². The molecule has 0 unspecified atom stereocenters. The molecule has 2 aromatic rings. The molecule has 6 heteroatoms. The molecule has 0 aliphatic rings. The molecule has 1 aromatic heterocycles. The van der Waals surface area contributed by atoms with Gasteiger partial charge in [0.05, 0.1) is 0 Å². The number of aromatic nitrogens is 2. The molecule has 0 amide bonds. The van der Waals surface area contributed by atoms with Crippen LogP contribution >= 0.6 is 0 Å². The Labute approximate surface area is 121 Å². The molecule has 0 bridgehead atoms. The number of benzene rings is 1. The lowest BCUT2D eigenvalue weighted by Crippen LogP contribution is -2.27. The van der Waals surface area contributed by atoms with E-state index >= 15 is 0 Å². The van der Waals surface area contributed by atoms with Crippen molar-refractivity contribution in [2.45, 2.75) is 26.3 Å². The lowest BCUT2D eigenvalue weighted by Gasteiger charge is -2.21. The standard InChI is InChI=1S/C15H16FN3O2/c1-15(2,3)19-12-8-11(14(20)21)17-13(18-12)9-4-6-10(16)7-5-9/h4-8H,1-3H3,(H,20,21)(H,17,18,19). The number of nitrogens with zero attached hydrogens (tertiary/aromatic N) is 2. The lowest BCUT2D eigenvalue weighted by molar-refractivity contribution is 0.0690. The van der Waals surface area contributed by atoms with Crippen molar-refractivity contribution in [1.82, 2.24) is 9.97 Å². The summed E-state index contributed by atoms with van der Waals surface area (Å²) in [6.45, 7) is 5.81. The van der Waals surface area contributed by atoms with Crippen molar-refractivity contribution in [3.63, 3.8) is 0 Å². The number of carboxylic acids is 1. The number of hydrogen-bond donors (Lipinski definition) is 2. The minimum atomic E-state index is -1.14. The maximum absolute atomic E-state index is 13.0. The van der Waals surface area contributed by atoms with Crippen LogP contribution in [-0.4, -0.2) is 26.6 Å². The van der Waals surface area contributed by atoms with Crippen LogP contribution in [0.2, 0.25) is 0 Å². The fourth-order valence-corrected chi connectivity index (χ4v) is 1.73. The molecule has 2 rings (SSSR count). The summed E-state index contributed by atoms with van der Waals surface area (Å²) in [7, 11) is 0. The molecule has 21 heavy (non-hydrogen) atoms. The monoisotopic (exact) mass is 289 g/mol. The second-order valence-electron chi connectivity index (χ2n) is 5.65. The number of hydrogen-bond acceptors (Lipinski definition) is 4. The average molecular weight is 289 g/mol. The normalized spacial score (nSPS) is 11.2. The van der Waals surface area contributed by atoms with Gasteiger partial charge in [0.15, 0.2) is 11.5 Å². The predicted octanol–water partition coefficient (Wildman–Crippen LogP) is 3.19. The van der Waals surface area contributed by atoms with E-state index in [9.17, 15) is 9.18 Å². The highest BCUT2D eigenvalue weighted by atomic mass is 19.1. The quantitative estimate of drug-likeness (QED) is 0.907. The number of nitrogens with one attached hydrogen (secondary N) is 1. The minimum absolute atomic E-state index is 0.115. The van der Waals surface area contributed by atoms with Gasteiger partial charge in [0.1, 0.15) is 11.6 Å². The summed E-state index contributed by atoms with van der Waals surface area (Å²) in [5.41, 5.74) is 0.164. The summed E-state index contributed by atoms with van der Waals surface area (Å²) < 4.78 is 13.0. The lowest BCUT2D eigenvalue weighted by atomic mass is 10.1. The first-order valence-corrected chi connectivity index (χ1v) is 6.41. The van der Waals surface area contributed by atoms with Crippen molar-refractivity contribution >= 4 is 11.8 Å². The number of rotatable bonds is 3. The number of anilines is 1. The highest BCUT2D eigenvalue weighted by Crippen LogP contribution is 2.20. The Morgan fingerprint density at radius 3 is 2.33 bits per heavy atom. The van der Waals surface area contributed by atoms with E-state index in [1.807, 2.05) is 20.8 Å². The maximum Gasteiger partial charge on any atom is 0.354 e. The van der Waals surface area contributed by atoms with Gasteiger partial charge in [-0.2, -0.15) is 0 Å². The Morgan fingerprint density at radius 2 is 1.81 bits per heavy atom. The third-order valence-corrected chi connectivity index (χ3v) is 2.55. The zero-order valence-corrected chi connectivity index (χ0v) is 12.0. The fourth-order valence-electron chi connectivity index (χ4n) is 1.73. The zero-order chi connectivity index (χ0) is 15.6. The molecular weight excluding hydrogens is 273 g/mol. The van der Waals surface area contributed by atoms with Gasteiger partial charge in [0, 0.05) is 17.2 Å². The van der Waals surface area contributed by atoms with Gasteiger partial charge in [-0.15, -0.1) is 0 Å². The van der Waals surface area contributed by atoms with Crippen LogP contribution < -0.4 is 5.32 Å². The van der Waals surface area contributed by atoms with E-state index in [0.29, 0.717) is 11.4 Å². The van der Waals surface area contributed by atoms with E-state index in [2.05, 4.69) is 15.3 Å². The number of aromatic carboxylic acids is 1. The summed E-state index contributed by atoms with van der Waals surface area (Å²) >= 11 is 0. The number of carboxylic acid groups (broad SMARTS) is 1. The van der Waals surface area contributed by atoms with Crippen LogP contribution in [0.15, 0.2) is 30.3 Å². The molecule has 110 valence electrons. The fraction of sp³-hybridized carbons (Fsp3) is 0.267. The van der Waals surface area contributed by atoms with E-state index in [1.165, 1.54) is 30.3 Å². The summed E-state index contributed by atoms with van der Waals surface area (Å²) in [4.78, 5) is 19.5. The Kier molecular flexibility index (Phi) is 3.88. The van der Waals surface area contributed by atoms with Gasteiger partial charge in [-0.1, -0.05) is 0 Å². The summed E-state index contributed by atoms with van der Waals surface area (Å²) in [6.07, 6.45) is 0. The van der Waals surface area contributed by atoms with Crippen LogP contribution in [0.4, 0.5) is 10.2 Å². The van der Waals surface area contributed by atoms with Crippen molar-refractivity contribution < 1.29 is 14.3 Å². The van der Waals surface area contributed by atoms with Crippen LogP contribution in [0.3, 0.4) is 0 Å². The molecule has 0 fully saturated rings. The van der Waals surface area contributed by atoms with Gasteiger partial charge in [-0.3, -0.25) is 0 Å². The van der Waals surface area contributed by atoms with Gasteiger partial charge in [0.2, 0.25) is 0 Å². The summed E-state index contributed by atoms with van der Waals surface area (Å²) in [5.74, 6) is -0.866. The van der Waals surface area contributed by atoms with E-state index < -0.39 is 5.97 Å². The Balaban J connectivity index is 2.49. The van der Waals surface area contributed by atoms with E-state index in [4.69, 9.17) is 5.11 Å². The van der Waals surface area contributed by atoms with Crippen LogP contribution in [-0.2, 0) is 0 Å². The minimum Gasteiger partial charge on any atom is -0.477 e. The van der Waals surface area contributed by atoms with Crippen LogP contribution in [0.25, 0.3) is 11.4 Å². The first kappa shape index (κ1) is 14.9. The molecule has 5 nitrogen and oxygen atoms in total. The number of carbonyl (C=O) groups is 1. The third-order valence-electron chi connectivity index (χ3n) is 2.55. The first-order valence-electron chi connectivity index (χ1n) is 6.41. The molecule has 0 atom stereocenters. The molecule has 0 aliphatic carbocycles. The average Bonchev–Trinajstić information content (AvgIpc) is 2.37. The number of halogens is 1. The van der Waals surface area contributed by atoms with Crippen molar-refractivity contribution in [1.29, 1.82) is 0 Å². The topological polar surface area (TPSA) is 75.1 Å². The summed E-state index contributed by atoms with van der Waals surface area (Å²) in [5, 5.41) is 12.3. The van der Waals surface area contributed by atoms with E-state index in [0.717, 1.165) is 0 Å². The molecule has 1 heterocycles. The Bertz CT molecular complexity index is 664. The Hall–Kier alpha value is -2.50. The highest BCUT2D eigenvalue weighted by molar-refractivity contribution is 5.87. The van der Waals surface area contributed by atoms with Crippen LogP contribution in [0.1, 0.15) is 31.3 Å². The molecule has 1 aromatic carbocycles. The van der Waals surface area contributed by atoms with E-state index in [1.54, 1.807) is 0 Å². The molecule has 0 aliphatic heterocycles. The van der Waals surface area contributed by atoms with Crippen molar-refractivity contribution in [2.75, 3.05) is 5.32 Å². The molecule has 0 saturated carbocycles. The van der Waals surface area contributed by atoms with Crippen molar-refractivity contribution in [3.05, 3.63) is 41.8 Å². The largest absolute Gasteiger partial charge is 0.477 e. The molecular formula is C15H16FN3O2. The van der Waals surface area contributed by atoms with Gasteiger partial charge in [-0.05, 0) is 45.0 Å². The second-order valence-corrected chi connectivity index (χ2v) is 5.65. The van der Waals surface area contributed by atoms with Gasteiger partial charge in [-0.25, -0.2) is 19.2 Å². The smallest absolute Gasteiger partial charge is 0.354 e. The highest BCUT2D eigenvalue weighted by Gasteiger charge is 2.16.